The normalized spacial score (nSPS) is 17.3. The quantitative estimate of drug-likeness (QED) is 0.275. The third-order valence-corrected chi connectivity index (χ3v) is 4.34. The van der Waals surface area contributed by atoms with E-state index in [4.69, 9.17) is 4.74 Å². The van der Waals surface area contributed by atoms with Crippen molar-refractivity contribution < 1.29 is 27.8 Å². The minimum absolute atomic E-state index is 0.176. The van der Waals surface area contributed by atoms with Gasteiger partial charge in [-0.3, -0.25) is 9.69 Å². The summed E-state index contributed by atoms with van der Waals surface area (Å²) in [5, 5.41) is 18.7. The minimum atomic E-state index is -1.66. The Balaban J connectivity index is 1.89. The van der Waals surface area contributed by atoms with Gasteiger partial charge in [-0.25, -0.2) is 18.2 Å². The van der Waals surface area contributed by atoms with Crippen LogP contribution in [-0.4, -0.2) is 80.0 Å². The van der Waals surface area contributed by atoms with E-state index in [-0.39, 0.29) is 19.0 Å². The van der Waals surface area contributed by atoms with Crippen molar-refractivity contribution in [2.45, 2.75) is 19.4 Å². The lowest BCUT2D eigenvalue weighted by Gasteiger charge is -2.34. The predicted octanol–water partition coefficient (Wildman–Crippen LogP) is 0.681. The number of hydrogen-bond donors (Lipinski definition) is 4. The fourth-order valence-corrected chi connectivity index (χ4v) is 2.88. The van der Waals surface area contributed by atoms with Crippen molar-refractivity contribution in [2.75, 3.05) is 57.8 Å². The number of rotatable bonds is 8. The molecule has 1 aliphatic rings. The molecule has 0 aliphatic carbocycles. The number of aliphatic imine (C=N–C) groups is 1. The number of nitrogens with zero attached hydrogens (tertiary/aromatic N) is 2. The first-order valence-corrected chi connectivity index (χ1v) is 9.70. The average molecular weight is 431 g/mol. The zero-order valence-electron chi connectivity index (χ0n) is 17.1. The summed E-state index contributed by atoms with van der Waals surface area (Å²) < 4.78 is 45.2. The second-order valence-corrected chi connectivity index (χ2v) is 7.21. The number of nitrogens with one attached hydrogen (secondary N) is 3. The molecule has 1 atom stereocenters. The number of ether oxygens (including phenoxy) is 1. The molecule has 0 saturated carbocycles. The van der Waals surface area contributed by atoms with Crippen LogP contribution in [-0.2, 0) is 9.53 Å². The number of carbonyl (C=O) groups excluding carboxylic acids is 1. The van der Waals surface area contributed by atoms with E-state index >= 15 is 0 Å². The van der Waals surface area contributed by atoms with E-state index in [1.165, 1.54) is 0 Å². The number of amides is 1. The first-order valence-electron chi connectivity index (χ1n) is 9.70. The monoisotopic (exact) mass is 431 g/mol. The maximum absolute atomic E-state index is 13.7. The lowest BCUT2D eigenvalue weighted by atomic mass is 10.1. The molecule has 1 fully saturated rings. The molecule has 1 amide bonds. The Morgan fingerprint density at radius 2 is 1.93 bits per heavy atom. The smallest absolute Gasteiger partial charge is 0.246 e. The van der Waals surface area contributed by atoms with Crippen LogP contribution < -0.4 is 16.0 Å². The Labute approximate surface area is 173 Å². The molecule has 1 aliphatic heterocycles. The predicted molar refractivity (Wildman–Crippen MR) is 107 cm³/mol. The molecule has 30 heavy (non-hydrogen) atoms. The molecule has 0 aromatic heterocycles. The largest absolute Gasteiger partial charge is 0.387 e. The standard InChI is InChI=1S/C19H28F3N5O3/c1-3-23-18(25-11-19(2,29)12-27-6-8-30-9-7-27)24-10-15(28)26-14-5-4-13(20)16(21)17(14)22/h4-5,29H,3,6-12H2,1-2H3,(H,26,28)(H2,23,24,25). The van der Waals surface area contributed by atoms with Crippen molar-refractivity contribution in [1.82, 2.24) is 15.5 Å². The molecule has 0 radical (unpaired) electrons. The van der Waals surface area contributed by atoms with Gasteiger partial charge in [0, 0.05) is 32.7 Å². The van der Waals surface area contributed by atoms with Gasteiger partial charge in [0.25, 0.3) is 0 Å². The zero-order valence-corrected chi connectivity index (χ0v) is 17.1. The third kappa shape index (κ3) is 7.47. The van der Waals surface area contributed by atoms with Crippen LogP contribution >= 0.6 is 0 Å². The van der Waals surface area contributed by atoms with Crippen LogP contribution in [0.4, 0.5) is 18.9 Å². The molecule has 11 heteroatoms. The maximum atomic E-state index is 13.7. The maximum Gasteiger partial charge on any atom is 0.246 e. The summed E-state index contributed by atoms with van der Waals surface area (Å²) >= 11 is 0. The van der Waals surface area contributed by atoms with Crippen LogP contribution in [0.3, 0.4) is 0 Å². The number of morpholine rings is 1. The van der Waals surface area contributed by atoms with E-state index < -0.39 is 34.6 Å². The molecule has 1 heterocycles. The molecule has 2 rings (SSSR count). The van der Waals surface area contributed by atoms with Gasteiger partial charge in [0.1, 0.15) is 6.54 Å². The molecule has 1 aromatic carbocycles. The van der Waals surface area contributed by atoms with Gasteiger partial charge in [0.2, 0.25) is 5.91 Å². The number of β-amino-alcohol motifs (C(OH)–C–C–N with tert-alkyl or cyclic N) is 1. The second-order valence-electron chi connectivity index (χ2n) is 7.21. The SMILES string of the molecule is CCNC(=NCC(=O)Nc1ccc(F)c(F)c1F)NCC(C)(O)CN1CCOCC1. The fourth-order valence-electron chi connectivity index (χ4n) is 2.88. The number of anilines is 1. The molecular formula is C19H28F3N5O3. The van der Waals surface area contributed by atoms with Gasteiger partial charge < -0.3 is 25.8 Å². The summed E-state index contributed by atoms with van der Waals surface area (Å²) in [5.74, 6) is -4.91. The van der Waals surface area contributed by atoms with Gasteiger partial charge in [-0.15, -0.1) is 0 Å². The molecule has 1 unspecified atom stereocenters. The van der Waals surface area contributed by atoms with Crippen molar-refractivity contribution in [3.8, 4) is 0 Å². The van der Waals surface area contributed by atoms with Crippen molar-refractivity contribution in [3.05, 3.63) is 29.6 Å². The van der Waals surface area contributed by atoms with Crippen LogP contribution in [0.15, 0.2) is 17.1 Å². The highest BCUT2D eigenvalue weighted by molar-refractivity contribution is 5.94. The first-order chi connectivity index (χ1) is 14.2. The Morgan fingerprint density at radius 1 is 1.23 bits per heavy atom. The summed E-state index contributed by atoms with van der Waals surface area (Å²) in [6.45, 7) is 7.00. The van der Waals surface area contributed by atoms with Crippen LogP contribution in [0, 0.1) is 17.5 Å². The van der Waals surface area contributed by atoms with Crippen molar-refractivity contribution in [1.29, 1.82) is 0 Å². The van der Waals surface area contributed by atoms with Gasteiger partial charge in [-0.05, 0) is 26.0 Å². The van der Waals surface area contributed by atoms with Gasteiger partial charge in [0.05, 0.1) is 24.5 Å². The molecular weight excluding hydrogens is 403 g/mol. The zero-order chi connectivity index (χ0) is 22.1. The number of carbonyl (C=O) groups is 1. The molecule has 168 valence electrons. The second kappa shape index (κ2) is 11.1. The lowest BCUT2D eigenvalue weighted by molar-refractivity contribution is -0.114. The van der Waals surface area contributed by atoms with E-state index in [1.54, 1.807) is 6.92 Å². The van der Waals surface area contributed by atoms with Crippen LogP contribution in [0.25, 0.3) is 0 Å². The number of guanidine groups is 1. The number of hydrogen-bond acceptors (Lipinski definition) is 5. The van der Waals surface area contributed by atoms with Gasteiger partial charge in [-0.2, -0.15) is 0 Å². The van der Waals surface area contributed by atoms with Gasteiger partial charge >= 0.3 is 0 Å². The Hall–Kier alpha value is -2.37. The van der Waals surface area contributed by atoms with E-state index in [9.17, 15) is 23.1 Å². The fraction of sp³-hybridized carbons (Fsp3) is 0.579. The number of benzene rings is 1. The molecule has 1 saturated heterocycles. The van der Waals surface area contributed by atoms with Crippen molar-refractivity contribution in [3.63, 3.8) is 0 Å². The highest BCUT2D eigenvalue weighted by Gasteiger charge is 2.25. The Bertz CT molecular complexity index is 755. The third-order valence-electron chi connectivity index (χ3n) is 4.34. The van der Waals surface area contributed by atoms with Crippen molar-refractivity contribution in [2.24, 2.45) is 4.99 Å². The van der Waals surface area contributed by atoms with E-state index in [0.29, 0.717) is 26.3 Å². The minimum Gasteiger partial charge on any atom is -0.387 e. The summed E-state index contributed by atoms with van der Waals surface area (Å²) in [5.41, 5.74) is -1.52. The first kappa shape index (κ1) is 23.9. The number of aliphatic hydroxyl groups is 1. The molecule has 8 nitrogen and oxygen atoms in total. The summed E-state index contributed by atoms with van der Waals surface area (Å²) in [4.78, 5) is 18.2. The molecule has 0 bridgehead atoms. The van der Waals surface area contributed by atoms with Crippen LogP contribution in [0.1, 0.15) is 13.8 Å². The van der Waals surface area contributed by atoms with E-state index in [0.717, 1.165) is 25.2 Å². The van der Waals surface area contributed by atoms with E-state index in [2.05, 4.69) is 25.8 Å². The topological polar surface area (TPSA) is 98.2 Å². The van der Waals surface area contributed by atoms with E-state index in [1.807, 2.05) is 6.92 Å². The average Bonchev–Trinajstić information content (AvgIpc) is 2.71. The van der Waals surface area contributed by atoms with Crippen LogP contribution in [0.5, 0.6) is 0 Å². The Kier molecular flexibility index (Phi) is 8.88. The summed E-state index contributed by atoms with van der Waals surface area (Å²) in [7, 11) is 0. The van der Waals surface area contributed by atoms with Crippen molar-refractivity contribution >= 4 is 17.6 Å². The molecule has 1 aromatic rings. The number of halogens is 3. The highest BCUT2D eigenvalue weighted by atomic mass is 19.2. The highest BCUT2D eigenvalue weighted by Crippen LogP contribution is 2.19. The van der Waals surface area contributed by atoms with Gasteiger partial charge in [0.15, 0.2) is 23.4 Å². The summed E-state index contributed by atoms with van der Waals surface area (Å²) in [6.07, 6.45) is 0. The lowest BCUT2D eigenvalue weighted by Crippen LogP contribution is -2.53. The van der Waals surface area contributed by atoms with Gasteiger partial charge in [-0.1, -0.05) is 0 Å². The Morgan fingerprint density at radius 3 is 2.60 bits per heavy atom. The molecule has 0 spiro atoms. The van der Waals surface area contributed by atoms with Crippen LogP contribution in [0.2, 0.25) is 0 Å². The molecule has 4 N–H and O–H groups in total. The summed E-state index contributed by atoms with van der Waals surface area (Å²) in [6, 6.07) is 1.65.